The quantitative estimate of drug-likeness (QED) is 0.772. The van der Waals surface area contributed by atoms with E-state index in [1.54, 1.807) is 6.07 Å². The summed E-state index contributed by atoms with van der Waals surface area (Å²) in [7, 11) is 0. The van der Waals surface area contributed by atoms with Crippen molar-refractivity contribution in [1.29, 1.82) is 0 Å². The number of halogens is 2. The van der Waals surface area contributed by atoms with Crippen LogP contribution >= 0.6 is 22.6 Å². The molecule has 0 saturated carbocycles. The molecule has 0 spiro atoms. The number of aryl methyl sites for hydroxylation is 1. The van der Waals surface area contributed by atoms with Gasteiger partial charge in [-0.15, -0.1) is 0 Å². The van der Waals surface area contributed by atoms with Gasteiger partial charge in [-0.1, -0.05) is 24.3 Å². The van der Waals surface area contributed by atoms with E-state index in [0.717, 1.165) is 5.69 Å². The van der Waals surface area contributed by atoms with Gasteiger partial charge in [-0.2, -0.15) is 0 Å². The van der Waals surface area contributed by atoms with Gasteiger partial charge in [0.25, 0.3) is 0 Å². The van der Waals surface area contributed by atoms with Crippen molar-refractivity contribution in [3.63, 3.8) is 0 Å². The van der Waals surface area contributed by atoms with Crippen LogP contribution < -0.4 is 5.32 Å². The molecule has 0 bridgehead atoms. The molecule has 94 valence electrons. The minimum Gasteiger partial charge on any atom is -0.378 e. The maximum Gasteiger partial charge on any atom is 0.128 e. The van der Waals surface area contributed by atoms with E-state index in [1.165, 1.54) is 15.2 Å². The van der Waals surface area contributed by atoms with Crippen LogP contribution in [0.25, 0.3) is 0 Å². The highest BCUT2D eigenvalue weighted by molar-refractivity contribution is 14.1. The van der Waals surface area contributed by atoms with Gasteiger partial charge in [-0.3, -0.25) is 0 Å². The van der Waals surface area contributed by atoms with E-state index in [1.807, 2.05) is 25.1 Å². The molecule has 1 nitrogen and oxygen atoms in total. The summed E-state index contributed by atoms with van der Waals surface area (Å²) in [6, 6.07) is 13.0. The van der Waals surface area contributed by atoms with Gasteiger partial charge >= 0.3 is 0 Å². The number of anilines is 1. The summed E-state index contributed by atoms with van der Waals surface area (Å²) < 4.78 is 14.9. The molecule has 0 saturated heterocycles. The minimum absolute atomic E-state index is 0.0512. The normalized spacial score (nSPS) is 12.2. The monoisotopic (exact) mass is 355 g/mol. The lowest BCUT2D eigenvalue weighted by molar-refractivity contribution is 0.600. The van der Waals surface area contributed by atoms with Gasteiger partial charge in [-0.05, 0) is 60.2 Å². The fraction of sp³-hybridized carbons (Fsp3) is 0.200. The molecule has 0 aromatic heterocycles. The first-order chi connectivity index (χ1) is 8.58. The van der Waals surface area contributed by atoms with Gasteiger partial charge < -0.3 is 5.32 Å². The zero-order chi connectivity index (χ0) is 13.1. The van der Waals surface area contributed by atoms with Crippen molar-refractivity contribution < 1.29 is 4.39 Å². The summed E-state index contributed by atoms with van der Waals surface area (Å²) in [5.41, 5.74) is 2.95. The van der Waals surface area contributed by atoms with E-state index in [-0.39, 0.29) is 11.9 Å². The van der Waals surface area contributed by atoms with Crippen LogP contribution in [0.2, 0.25) is 0 Å². The van der Waals surface area contributed by atoms with Gasteiger partial charge in [0.1, 0.15) is 5.82 Å². The van der Waals surface area contributed by atoms with E-state index >= 15 is 0 Å². The lowest BCUT2D eigenvalue weighted by atomic mass is 10.1. The van der Waals surface area contributed by atoms with E-state index in [9.17, 15) is 4.39 Å². The Bertz CT molecular complexity index is 554. The molecule has 0 heterocycles. The predicted molar refractivity (Wildman–Crippen MR) is 82.3 cm³/mol. The summed E-state index contributed by atoms with van der Waals surface area (Å²) >= 11 is 2.30. The average Bonchev–Trinajstić information content (AvgIpc) is 2.34. The summed E-state index contributed by atoms with van der Waals surface area (Å²) in [5, 5.41) is 3.32. The van der Waals surface area contributed by atoms with Crippen molar-refractivity contribution in [3.8, 4) is 0 Å². The van der Waals surface area contributed by atoms with Crippen LogP contribution in [0.15, 0.2) is 42.5 Å². The van der Waals surface area contributed by atoms with E-state index < -0.39 is 0 Å². The summed E-state index contributed by atoms with van der Waals surface area (Å²) in [6.07, 6.45) is 0. The van der Waals surface area contributed by atoms with Crippen LogP contribution in [0.1, 0.15) is 24.1 Å². The Kier molecular flexibility index (Phi) is 4.22. The highest BCUT2D eigenvalue weighted by Crippen LogP contribution is 2.23. The Labute approximate surface area is 121 Å². The number of nitrogens with one attached hydrogen (secondary N) is 1. The first kappa shape index (κ1) is 13.3. The molecular weight excluding hydrogens is 340 g/mol. The number of benzene rings is 2. The minimum atomic E-state index is -0.167. The zero-order valence-corrected chi connectivity index (χ0v) is 12.5. The van der Waals surface area contributed by atoms with Gasteiger partial charge in [0, 0.05) is 14.8 Å². The van der Waals surface area contributed by atoms with Gasteiger partial charge in [0.15, 0.2) is 0 Å². The molecule has 0 fully saturated rings. The molecule has 18 heavy (non-hydrogen) atoms. The number of rotatable bonds is 3. The SMILES string of the molecule is Cc1ccc(NC(C)c2ccccc2F)cc1I. The van der Waals surface area contributed by atoms with Crippen molar-refractivity contribution in [2.24, 2.45) is 0 Å². The Balaban J connectivity index is 2.19. The first-order valence-corrected chi connectivity index (χ1v) is 6.93. The lowest BCUT2D eigenvalue weighted by Gasteiger charge is -2.17. The number of hydrogen-bond acceptors (Lipinski definition) is 1. The molecular formula is C15H15FIN. The van der Waals surface area contributed by atoms with Gasteiger partial charge in [0.05, 0.1) is 6.04 Å². The Morgan fingerprint density at radius 1 is 1.17 bits per heavy atom. The maximum absolute atomic E-state index is 13.6. The highest BCUT2D eigenvalue weighted by atomic mass is 127. The van der Waals surface area contributed by atoms with Crippen LogP contribution in [-0.2, 0) is 0 Å². The summed E-state index contributed by atoms with van der Waals surface area (Å²) in [6.45, 7) is 4.04. The summed E-state index contributed by atoms with van der Waals surface area (Å²) in [4.78, 5) is 0. The maximum atomic E-state index is 13.6. The molecule has 0 aliphatic heterocycles. The smallest absolute Gasteiger partial charge is 0.128 e. The third kappa shape index (κ3) is 3.02. The Hall–Kier alpha value is -1.10. The van der Waals surface area contributed by atoms with E-state index in [2.05, 4.69) is 47.0 Å². The van der Waals surface area contributed by atoms with Gasteiger partial charge in [-0.25, -0.2) is 4.39 Å². The first-order valence-electron chi connectivity index (χ1n) is 5.85. The Morgan fingerprint density at radius 3 is 2.56 bits per heavy atom. The van der Waals surface area contributed by atoms with Crippen molar-refractivity contribution in [2.45, 2.75) is 19.9 Å². The lowest BCUT2D eigenvalue weighted by Crippen LogP contribution is -2.08. The molecule has 3 heteroatoms. The fourth-order valence-corrected chi connectivity index (χ4v) is 2.35. The van der Waals surface area contributed by atoms with Crippen LogP contribution in [0.4, 0.5) is 10.1 Å². The van der Waals surface area contributed by atoms with Gasteiger partial charge in [0.2, 0.25) is 0 Å². The molecule has 0 aliphatic carbocycles. The van der Waals surface area contributed by atoms with Crippen molar-refractivity contribution in [3.05, 3.63) is 63.0 Å². The third-order valence-electron chi connectivity index (χ3n) is 2.93. The fourth-order valence-electron chi connectivity index (χ4n) is 1.84. The van der Waals surface area contributed by atoms with Crippen molar-refractivity contribution >= 4 is 28.3 Å². The largest absolute Gasteiger partial charge is 0.378 e. The van der Waals surface area contributed by atoms with Crippen LogP contribution in [0.5, 0.6) is 0 Å². The highest BCUT2D eigenvalue weighted by Gasteiger charge is 2.10. The van der Waals surface area contributed by atoms with E-state index in [0.29, 0.717) is 5.56 Å². The number of hydrogen-bond donors (Lipinski definition) is 1. The molecule has 2 aromatic rings. The van der Waals surface area contributed by atoms with Crippen LogP contribution in [0.3, 0.4) is 0 Å². The molecule has 1 unspecified atom stereocenters. The topological polar surface area (TPSA) is 12.0 Å². The predicted octanol–water partition coefficient (Wildman–Crippen LogP) is 4.91. The second-order valence-corrected chi connectivity index (χ2v) is 5.51. The molecule has 2 rings (SSSR count). The molecule has 1 N–H and O–H groups in total. The standard InChI is InChI=1S/C15H15FIN/c1-10-7-8-12(9-15(10)17)18-11(2)13-5-3-4-6-14(13)16/h3-9,11,18H,1-2H3. The molecule has 0 radical (unpaired) electrons. The molecule has 1 atom stereocenters. The van der Waals surface area contributed by atoms with Crippen LogP contribution in [-0.4, -0.2) is 0 Å². The third-order valence-corrected chi connectivity index (χ3v) is 4.09. The second kappa shape index (κ2) is 5.69. The second-order valence-electron chi connectivity index (χ2n) is 4.35. The average molecular weight is 355 g/mol. The molecule has 0 aliphatic rings. The van der Waals surface area contributed by atoms with Crippen LogP contribution in [0, 0.1) is 16.3 Å². The molecule has 0 amide bonds. The van der Waals surface area contributed by atoms with Crippen molar-refractivity contribution in [1.82, 2.24) is 0 Å². The Morgan fingerprint density at radius 2 is 1.89 bits per heavy atom. The molecule has 2 aromatic carbocycles. The zero-order valence-electron chi connectivity index (χ0n) is 10.4. The summed E-state index contributed by atoms with van der Waals surface area (Å²) in [5.74, 6) is -0.167. The van der Waals surface area contributed by atoms with Crippen molar-refractivity contribution in [2.75, 3.05) is 5.32 Å². The van der Waals surface area contributed by atoms with E-state index in [4.69, 9.17) is 0 Å².